The molecule has 1 aromatic carbocycles. The summed E-state index contributed by atoms with van der Waals surface area (Å²) < 4.78 is 5.42. The molecule has 5 heteroatoms. The van der Waals surface area contributed by atoms with Crippen LogP contribution in [0, 0.1) is 0 Å². The van der Waals surface area contributed by atoms with Gasteiger partial charge >= 0.3 is 6.09 Å². The second-order valence-electron chi connectivity index (χ2n) is 6.96. The Morgan fingerprint density at radius 3 is 2.26 bits per heavy atom. The molecule has 1 aliphatic heterocycles. The van der Waals surface area contributed by atoms with Crippen molar-refractivity contribution in [2.75, 3.05) is 31.1 Å². The van der Waals surface area contributed by atoms with Crippen LogP contribution in [0.25, 0.3) is 0 Å². The third-order valence-corrected chi connectivity index (χ3v) is 3.70. The van der Waals surface area contributed by atoms with Crippen molar-refractivity contribution in [2.45, 2.75) is 39.7 Å². The van der Waals surface area contributed by atoms with Crippen LogP contribution in [-0.2, 0) is 16.0 Å². The lowest BCUT2D eigenvalue weighted by molar-refractivity contribution is -0.116. The van der Waals surface area contributed by atoms with Crippen molar-refractivity contribution in [3.05, 3.63) is 29.8 Å². The Kier molecular flexibility index (Phi) is 5.29. The predicted molar refractivity (Wildman–Crippen MR) is 90.8 cm³/mol. The Hall–Kier alpha value is -2.04. The van der Waals surface area contributed by atoms with Gasteiger partial charge in [0.05, 0.1) is 0 Å². The highest BCUT2D eigenvalue weighted by molar-refractivity contribution is 5.80. The molecule has 0 N–H and O–H groups in total. The second kappa shape index (κ2) is 7.02. The smallest absolute Gasteiger partial charge is 0.410 e. The minimum absolute atomic E-state index is 0.157. The van der Waals surface area contributed by atoms with Crippen molar-refractivity contribution >= 4 is 17.6 Å². The van der Waals surface area contributed by atoms with Gasteiger partial charge in [-0.25, -0.2) is 4.79 Å². The number of carbonyl (C=O) groups excluding carboxylic acids is 2. The number of ether oxygens (including phenoxy) is 1. The molecule has 23 heavy (non-hydrogen) atoms. The lowest BCUT2D eigenvalue weighted by atomic mass is 10.1. The summed E-state index contributed by atoms with van der Waals surface area (Å²) in [7, 11) is 0. The van der Waals surface area contributed by atoms with Gasteiger partial charge < -0.3 is 14.5 Å². The standard InChI is InChI=1S/C18H26N2O3/c1-14(21)13-15-7-5-6-8-16(15)19-9-11-20(12-10-19)17(22)23-18(2,3)4/h5-8H,9-13H2,1-4H3. The molecule has 1 heterocycles. The van der Waals surface area contributed by atoms with Crippen LogP contribution in [0.2, 0.25) is 0 Å². The van der Waals surface area contributed by atoms with Crippen LogP contribution in [-0.4, -0.2) is 48.6 Å². The lowest BCUT2D eigenvalue weighted by Crippen LogP contribution is -2.50. The highest BCUT2D eigenvalue weighted by Crippen LogP contribution is 2.23. The number of rotatable bonds is 3. The first-order valence-electron chi connectivity index (χ1n) is 8.06. The molecular formula is C18H26N2O3. The summed E-state index contributed by atoms with van der Waals surface area (Å²) in [5.41, 5.74) is 1.67. The van der Waals surface area contributed by atoms with Gasteiger partial charge in [0.1, 0.15) is 11.4 Å². The fourth-order valence-electron chi connectivity index (χ4n) is 2.69. The number of para-hydroxylation sites is 1. The Bertz CT molecular complexity index is 570. The molecule has 0 aromatic heterocycles. The van der Waals surface area contributed by atoms with E-state index in [0.29, 0.717) is 19.5 Å². The fourth-order valence-corrected chi connectivity index (χ4v) is 2.69. The van der Waals surface area contributed by atoms with Gasteiger partial charge in [-0.1, -0.05) is 18.2 Å². The van der Waals surface area contributed by atoms with Gasteiger partial charge in [-0.2, -0.15) is 0 Å². The molecular weight excluding hydrogens is 292 g/mol. The number of ketones is 1. The summed E-state index contributed by atoms with van der Waals surface area (Å²) in [6.45, 7) is 9.98. The SMILES string of the molecule is CC(=O)Cc1ccccc1N1CCN(C(=O)OC(C)(C)C)CC1. The molecule has 1 aromatic rings. The van der Waals surface area contributed by atoms with Crippen LogP contribution >= 0.6 is 0 Å². The summed E-state index contributed by atoms with van der Waals surface area (Å²) in [5.74, 6) is 0.157. The number of carbonyl (C=O) groups is 2. The van der Waals surface area contributed by atoms with Gasteiger partial charge in [-0.3, -0.25) is 4.79 Å². The molecule has 0 atom stereocenters. The van der Waals surface area contributed by atoms with Crippen LogP contribution in [0.3, 0.4) is 0 Å². The van der Waals surface area contributed by atoms with Crippen molar-refractivity contribution in [1.29, 1.82) is 0 Å². The maximum Gasteiger partial charge on any atom is 0.410 e. The molecule has 0 aliphatic carbocycles. The minimum Gasteiger partial charge on any atom is -0.444 e. The van der Waals surface area contributed by atoms with E-state index in [2.05, 4.69) is 4.90 Å². The van der Waals surface area contributed by atoms with Crippen LogP contribution in [0.1, 0.15) is 33.3 Å². The van der Waals surface area contributed by atoms with Crippen LogP contribution in [0.5, 0.6) is 0 Å². The van der Waals surface area contributed by atoms with E-state index < -0.39 is 5.60 Å². The molecule has 0 saturated carbocycles. The van der Waals surface area contributed by atoms with E-state index in [4.69, 9.17) is 4.74 Å². The summed E-state index contributed by atoms with van der Waals surface area (Å²) in [6, 6.07) is 7.98. The van der Waals surface area contributed by atoms with Crippen molar-refractivity contribution in [2.24, 2.45) is 0 Å². The first-order valence-corrected chi connectivity index (χ1v) is 8.06. The van der Waals surface area contributed by atoms with Crippen molar-refractivity contribution < 1.29 is 14.3 Å². The largest absolute Gasteiger partial charge is 0.444 e. The molecule has 1 fully saturated rings. The Morgan fingerprint density at radius 2 is 1.70 bits per heavy atom. The van der Waals surface area contributed by atoms with Crippen LogP contribution < -0.4 is 4.90 Å². The van der Waals surface area contributed by atoms with Crippen LogP contribution in [0.15, 0.2) is 24.3 Å². The molecule has 0 bridgehead atoms. The number of hydrogen-bond donors (Lipinski definition) is 0. The number of amides is 1. The Balaban J connectivity index is 2.00. The average molecular weight is 318 g/mol. The maximum atomic E-state index is 12.1. The van der Waals surface area contributed by atoms with Gasteiger partial charge in [-0.05, 0) is 39.3 Å². The Labute approximate surface area is 138 Å². The number of anilines is 1. The van der Waals surface area contributed by atoms with Gasteiger partial charge in [0.25, 0.3) is 0 Å². The second-order valence-corrected chi connectivity index (χ2v) is 6.96. The first-order chi connectivity index (χ1) is 10.8. The first kappa shape index (κ1) is 17.3. The number of Topliss-reactive ketones (excluding diaryl/α,β-unsaturated/α-hetero) is 1. The van der Waals surface area contributed by atoms with Crippen LogP contribution in [0.4, 0.5) is 10.5 Å². The average Bonchev–Trinajstić information content (AvgIpc) is 2.45. The zero-order chi connectivity index (χ0) is 17.0. The van der Waals surface area contributed by atoms with E-state index in [9.17, 15) is 9.59 Å². The zero-order valence-corrected chi connectivity index (χ0v) is 14.5. The quantitative estimate of drug-likeness (QED) is 0.860. The molecule has 0 radical (unpaired) electrons. The van der Waals surface area contributed by atoms with Gasteiger partial charge in [0.15, 0.2) is 0 Å². The van der Waals surface area contributed by atoms with E-state index in [1.54, 1.807) is 11.8 Å². The highest BCUT2D eigenvalue weighted by Gasteiger charge is 2.26. The number of piperazine rings is 1. The predicted octanol–water partition coefficient (Wildman–Crippen LogP) is 2.88. The van der Waals surface area contributed by atoms with Crippen molar-refractivity contribution in [1.82, 2.24) is 4.90 Å². The topological polar surface area (TPSA) is 49.9 Å². The van der Waals surface area contributed by atoms with Gasteiger partial charge in [0.2, 0.25) is 0 Å². The summed E-state index contributed by atoms with van der Waals surface area (Å²) in [4.78, 5) is 27.5. The third-order valence-electron chi connectivity index (χ3n) is 3.70. The van der Waals surface area contributed by atoms with Gasteiger partial charge in [-0.15, -0.1) is 0 Å². The van der Waals surface area contributed by atoms with Crippen molar-refractivity contribution in [3.63, 3.8) is 0 Å². The normalized spacial score (nSPS) is 15.5. The maximum absolute atomic E-state index is 12.1. The molecule has 1 aliphatic rings. The third kappa shape index (κ3) is 4.98. The van der Waals surface area contributed by atoms with E-state index in [0.717, 1.165) is 24.3 Å². The molecule has 0 unspecified atom stereocenters. The van der Waals surface area contributed by atoms with E-state index >= 15 is 0 Å². The lowest BCUT2D eigenvalue weighted by Gasteiger charge is -2.37. The highest BCUT2D eigenvalue weighted by atomic mass is 16.6. The number of benzene rings is 1. The van der Waals surface area contributed by atoms with E-state index in [1.165, 1.54) is 0 Å². The minimum atomic E-state index is -0.470. The molecule has 1 saturated heterocycles. The van der Waals surface area contributed by atoms with Crippen molar-refractivity contribution in [3.8, 4) is 0 Å². The zero-order valence-electron chi connectivity index (χ0n) is 14.5. The molecule has 5 nitrogen and oxygen atoms in total. The van der Waals surface area contributed by atoms with E-state index in [-0.39, 0.29) is 11.9 Å². The number of hydrogen-bond acceptors (Lipinski definition) is 4. The Morgan fingerprint density at radius 1 is 1.09 bits per heavy atom. The fraction of sp³-hybridized carbons (Fsp3) is 0.556. The monoisotopic (exact) mass is 318 g/mol. The number of nitrogens with zero attached hydrogens (tertiary/aromatic N) is 2. The molecule has 0 spiro atoms. The summed E-state index contributed by atoms with van der Waals surface area (Å²) in [5, 5.41) is 0. The summed E-state index contributed by atoms with van der Waals surface area (Å²) >= 11 is 0. The van der Waals surface area contributed by atoms with E-state index in [1.807, 2.05) is 45.0 Å². The molecule has 2 rings (SSSR count). The van der Waals surface area contributed by atoms with Gasteiger partial charge in [0, 0.05) is 38.3 Å². The molecule has 1 amide bonds. The molecule has 126 valence electrons. The summed E-state index contributed by atoms with van der Waals surface area (Å²) in [6.07, 6.45) is 0.191.